The molecule has 82 valence electrons. The second-order valence-electron chi connectivity index (χ2n) is 4.28. The second kappa shape index (κ2) is 3.89. The number of aliphatic hydroxyl groups is 1. The maximum Gasteiger partial charge on any atom is 0.126 e. The Morgan fingerprint density at radius 2 is 2.00 bits per heavy atom. The molecule has 3 atom stereocenters. The van der Waals surface area contributed by atoms with Crippen molar-refractivity contribution in [3.8, 4) is 0 Å². The Kier molecular flexibility index (Phi) is 2.74. The van der Waals surface area contributed by atoms with E-state index in [1.807, 2.05) is 6.92 Å². The summed E-state index contributed by atoms with van der Waals surface area (Å²) < 4.78 is 26.5. The highest BCUT2D eigenvalue weighted by Gasteiger charge is 2.33. The highest BCUT2D eigenvalue weighted by atomic mass is 19.1. The molecule has 0 spiro atoms. The van der Waals surface area contributed by atoms with Gasteiger partial charge in [-0.1, -0.05) is 6.92 Å². The molecule has 0 aromatic heterocycles. The zero-order valence-corrected chi connectivity index (χ0v) is 8.58. The molecule has 0 bridgehead atoms. The zero-order chi connectivity index (χ0) is 11.0. The topological polar surface area (TPSA) is 20.2 Å². The van der Waals surface area contributed by atoms with E-state index < -0.39 is 11.9 Å². The Morgan fingerprint density at radius 1 is 1.27 bits per heavy atom. The molecule has 0 heterocycles. The van der Waals surface area contributed by atoms with Crippen LogP contribution in [0.5, 0.6) is 0 Å². The highest BCUT2D eigenvalue weighted by Crippen LogP contribution is 2.40. The molecule has 0 aliphatic heterocycles. The molecule has 2 rings (SSSR count). The molecule has 1 aliphatic carbocycles. The van der Waals surface area contributed by atoms with Gasteiger partial charge in [-0.2, -0.15) is 0 Å². The quantitative estimate of drug-likeness (QED) is 0.759. The lowest BCUT2D eigenvalue weighted by atomic mass is 9.89. The van der Waals surface area contributed by atoms with Gasteiger partial charge in [0.05, 0.1) is 6.10 Å². The van der Waals surface area contributed by atoms with Crippen molar-refractivity contribution in [3.63, 3.8) is 0 Å². The van der Waals surface area contributed by atoms with Gasteiger partial charge in [0.1, 0.15) is 11.6 Å². The number of hydrogen-bond acceptors (Lipinski definition) is 1. The molecular formula is C12H14F2O. The monoisotopic (exact) mass is 212 g/mol. The molecule has 1 aromatic carbocycles. The average molecular weight is 212 g/mol. The number of benzene rings is 1. The maximum absolute atomic E-state index is 13.5. The van der Waals surface area contributed by atoms with Gasteiger partial charge < -0.3 is 5.11 Å². The summed E-state index contributed by atoms with van der Waals surface area (Å²) >= 11 is 0. The van der Waals surface area contributed by atoms with E-state index in [1.165, 1.54) is 6.07 Å². The Bertz CT molecular complexity index is 365. The zero-order valence-electron chi connectivity index (χ0n) is 8.58. The lowest BCUT2D eigenvalue weighted by Gasteiger charge is -2.18. The van der Waals surface area contributed by atoms with E-state index in [0.717, 1.165) is 18.6 Å². The van der Waals surface area contributed by atoms with Gasteiger partial charge in [0.2, 0.25) is 0 Å². The summed E-state index contributed by atoms with van der Waals surface area (Å²) in [5.74, 6) is -0.848. The van der Waals surface area contributed by atoms with E-state index in [2.05, 4.69) is 0 Å². The average Bonchev–Trinajstić information content (AvgIpc) is 2.52. The Labute approximate surface area is 87.7 Å². The molecule has 0 radical (unpaired) electrons. The van der Waals surface area contributed by atoms with Crippen LogP contribution in [-0.4, -0.2) is 11.2 Å². The van der Waals surface area contributed by atoms with Crippen molar-refractivity contribution in [2.45, 2.75) is 31.8 Å². The van der Waals surface area contributed by atoms with Crippen LogP contribution in [0.1, 0.15) is 31.2 Å². The number of hydrogen-bond donors (Lipinski definition) is 1. The standard InChI is InChI=1S/C12H14F2O/c1-7-9(3-5-12(7)15)10-6-8(13)2-4-11(10)14/h2,4,6-7,9,12,15H,3,5H2,1H3. The number of rotatable bonds is 1. The third kappa shape index (κ3) is 1.88. The largest absolute Gasteiger partial charge is 0.393 e. The molecule has 1 nitrogen and oxygen atoms in total. The van der Waals surface area contributed by atoms with Crippen LogP contribution in [0.25, 0.3) is 0 Å². The number of aliphatic hydroxyl groups excluding tert-OH is 1. The van der Waals surface area contributed by atoms with Crippen molar-refractivity contribution in [1.29, 1.82) is 0 Å². The van der Waals surface area contributed by atoms with E-state index in [9.17, 15) is 13.9 Å². The van der Waals surface area contributed by atoms with Crippen LogP contribution < -0.4 is 0 Å². The second-order valence-corrected chi connectivity index (χ2v) is 4.28. The molecule has 1 N–H and O–H groups in total. The van der Waals surface area contributed by atoms with Gasteiger partial charge in [0, 0.05) is 0 Å². The van der Waals surface area contributed by atoms with Crippen molar-refractivity contribution in [3.05, 3.63) is 35.4 Å². The van der Waals surface area contributed by atoms with Gasteiger partial charge in [0.25, 0.3) is 0 Å². The fraction of sp³-hybridized carbons (Fsp3) is 0.500. The summed E-state index contributed by atoms with van der Waals surface area (Å²) in [4.78, 5) is 0. The summed E-state index contributed by atoms with van der Waals surface area (Å²) in [6.45, 7) is 1.88. The summed E-state index contributed by atoms with van der Waals surface area (Å²) in [6.07, 6.45) is 1.00. The van der Waals surface area contributed by atoms with Gasteiger partial charge in [-0.05, 0) is 48.4 Å². The molecule has 1 fully saturated rings. The molecule has 1 aromatic rings. The lowest BCUT2D eigenvalue weighted by Crippen LogP contribution is -2.15. The molecule has 0 amide bonds. The molecule has 3 unspecified atom stereocenters. The molecule has 1 saturated carbocycles. The summed E-state index contributed by atoms with van der Waals surface area (Å²) in [7, 11) is 0. The van der Waals surface area contributed by atoms with Crippen molar-refractivity contribution >= 4 is 0 Å². The van der Waals surface area contributed by atoms with Crippen molar-refractivity contribution < 1.29 is 13.9 Å². The van der Waals surface area contributed by atoms with Gasteiger partial charge in [-0.3, -0.25) is 0 Å². The lowest BCUT2D eigenvalue weighted by molar-refractivity contribution is 0.136. The molecule has 1 aliphatic rings. The van der Waals surface area contributed by atoms with Crippen molar-refractivity contribution in [2.24, 2.45) is 5.92 Å². The van der Waals surface area contributed by atoms with Gasteiger partial charge in [-0.25, -0.2) is 8.78 Å². The van der Waals surface area contributed by atoms with Gasteiger partial charge >= 0.3 is 0 Å². The van der Waals surface area contributed by atoms with E-state index in [0.29, 0.717) is 12.0 Å². The first-order chi connectivity index (χ1) is 7.09. The molecule has 15 heavy (non-hydrogen) atoms. The van der Waals surface area contributed by atoms with E-state index in [4.69, 9.17) is 0 Å². The summed E-state index contributed by atoms with van der Waals surface area (Å²) in [5.41, 5.74) is 0.402. The fourth-order valence-electron chi connectivity index (χ4n) is 2.38. The first-order valence-electron chi connectivity index (χ1n) is 5.22. The third-order valence-electron chi connectivity index (χ3n) is 3.37. The smallest absolute Gasteiger partial charge is 0.126 e. The normalized spacial score (nSPS) is 30.8. The van der Waals surface area contributed by atoms with Crippen LogP contribution in [0.15, 0.2) is 18.2 Å². The highest BCUT2D eigenvalue weighted by molar-refractivity contribution is 5.24. The molecule has 0 saturated heterocycles. The maximum atomic E-state index is 13.5. The fourth-order valence-corrected chi connectivity index (χ4v) is 2.38. The minimum absolute atomic E-state index is 0.00120. The SMILES string of the molecule is CC1C(O)CCC1c1cc(F)ccc1F. The number of halogens is 2. The van der Waals surface area contributed by atoms with Crippen molar-refractivity contribution in [1.82, 2.24) is 0 Å². The van der Waals surface area contributed by atoms with Crippen LogP contribution >= 0.6 is 0 Å². The summed E-state index contributed by atoms with van der Waals surface area (Å²) in [5, 5.41) is 9.57. The van der Waals surface area contributed by atoms with Gasteiger partial charge in [-0.15, -0.1) is 0 Å². The van der Waals surface area contributed by atoms with Gasteiger partial charge in [0.15, 0.2) is 0 Å². The predicted octanol–water partition coefficient (Wildman–Crippen LogP) is 2.84. The Balaban J connectivity index is 2.33. The minimum atomic E-state index is -0.417. The van der Waals surface area contributed by atoms with Crippen LogP contribution in [0.3, 0.4) is 0 Å². The minimum Gasteiger partial charge on any atom is -0.393 e. The van der Waals surface area contributed by atoms with Crippen LogP contribution in [0.4, 0.5) is 8.78 Å². The predicted molar refractivity (Wildman–Crippen MR) is 53.5 cm³/mol. The van der Waals surface area contributed by atoms with Crippen LogP contribution in [0, 0.1) is 17.6 Å². The van der Waals surface area contributed by atoms with E-state index in [1.54, 1.807) is 0 Å². The van der Waals surface area contributed by atoms with E-state index >= 15 is 0 Å². The van der Waals surface area contributed by atoms with E-state index in [-0.39, 0.29) is 17.7 Å². The van der Waals surface area contributed by atoms with Crippen LogP contribution in [-0.2, 0) is 0 Å². The van der Waals surface area contributed by atoms with Crippen LogP contribution in [0.2, 0.25) is 0 Å². The molecule has 3 heteroatoms. The van der Waals surface area contributed by atoms with Crippen molar-refractivity contribution in [2.75, 3.05) is 0 Å². The summed E-state index contributed by atoms with van der Waals surface area (Å²) in [6, 6.07) is 3.52. The first kappa shape index (κ1) is 10.6. The third-order valence-corrected chi connectivity index (χ3v) is 3.37. The first-order valence-corrected chi connectivity index (χ1v) is 5.22. The Morgan fingerprint density at radius 3 is 2.60 bits per heavy atom. The molecular weight excluding hydrogens is 198 g/mol. The Hall–Kier alpha value is -0.960.